The van der Waals surface area contributed by atoms with E-state index in [0.29, 0.717) is 12.8 Å². The maximum atomic E-state index is 11.0. The number of anilines is 3. The van der Waals surface area contributed by atoms with E-state index in [9.17, 15) is 4.79 Å². The van der Waals surface area contributed by atoms with Gasteiger partial charge >= 0.3 is 5.97 Å². The summed E-state index contributed by atoms with van der Waals surface area (Å²) >= 11 is 0. The molecule has 3 nitrogen and oxygen atoms in total. The van der Waals surface area contributed by atoms with Gasteiger partial charge in [-0.2, -0.15) is 0 Å². The molecule has 0 aliphatic heterocycles. The monoisotopic (exact) mass is 461 g/mol. The average molecular weight is 462 g/mol. The molecule has 0 radical (unpaired) electrons. The van der Waals surface area contributed by atoms with Gasteiger partial charge in [-0.3, -0.25) is 0 Å². The minimum atomic E-state index is -0.928. The van der Waals surface area contributed by atoms with E-state index >= 15 is 0 Å². The van der Waals surface area contributed by atoms with Crippen molar-refractivity contribution in [2.75, 3.05) is 4.90 Å². The molecule has 35 heavy (non-hydrogen) atoms. The minimum Gasteiger partial charge on any atom is -0.478 e. The molecule has 0 spiro atoms. The smallest absolute Gasteiger partial charge is 0.330 e. The van der Waals surface area contributed by atoms with Crippen molar-refractivity contribution in [2.45, 2.75) is 33.6 Å². The molecule has 4 rings (SSSR count). The maximum Gasteiger partial charge on any atom is 0.330 e. The van der Waals surface area contributed by atoms with Crippen LogP contribution in [0.5, 0.6) is 0 Å². The summed E-state index contributed by atoms with van der Waals surface area (Å²) in [7, 11) is 0. The van der Waals surface area contributed by atoms with Crippen LogP contribution in [0.3, 0.4) is 0 Å². The molecule has 0 unspecified atom stereocenters. The van der Waals surface area contributed by atoms with Gasteiger partial charge in [0, 0.05) is 22.6 Å². The minimum absolute atomic E-state index is 0.242. The van der Waals surface area contributed by atoms with Gasteiger partial charge in [-0.25, -0.2) is 4.79 Å². The van der Waals surface area contributed by atoms with Gasteiger partial charge in [0.2, 0.25) is 0 Å². The first-order valence-electron chi connectivity index (χ1n) is 11.9. The second kappa shape index (κ2) is 10.4. The van der Waals surface area contributed by atoms with Gasteiger partial charge in [-0.1, -0.05) is 78.4 Å². The van der Waals surface area contributed by atoms with Crippen LogP contribution in [0.15, 0.2) is 103 Å². The van der Waals surface area contributed by atoms with Crippen LogP contribution < -0.4 is 4.90 Å². The van der Waals surface area contributed by atoms with Crippen LogP contribution in [-0.2, 0) is 11.2 Å². The molecule has 0 saturated heterocycles. The van der Waals surface area contributed by atoms with E-state index in [1.54, 1.807) is 0 Å². The largest absolute Gasteiger partial charge is 0.478 e. The first kappa shape index (κ1) is 24.0. The third-order valence-corrected chi connectivity index (χ3v) is 6.32. The Balaban J connectivity index is 1.61. The zero-order valence-electron chi connectivity index (χ0n) is 20.6. The number of aliphatic carboxylic acids is 1. The standard InChI is InChI=1S/C32H31NO2/c1-22-5-16-29(17-6-22)33(31-20-7-23(2)21-25(31)4)30-18-14-28(15-19-30)27-12-10-26(11-13-27)9-8-24(3)32(34)35/h5-7,10-21H,3,8-9H2,1-2,4H3,(H,34,35). The predicted molar refractivity (Wildman–Crippen MR) is 146 cm³/mol. The molecule has 0 fully saturated rings. The number of benzene rings is 4. The van der Waals surface area contributed by atoms with Crippen LogP contribution in [0.25, 0.3) is 11.1 Å². The van der Waals surface area contributed by atoms with Crippen molar-refractivity contribution in [1.29, 1.82) is 0 Å². The Morgan fingerprint density at radius 3 is 1.80 bits per heavy atom. The van der Waals surface area contributed by atoms with Gasteiger partial charge in [0.25, 0.3) is 0 Å². The number of carbonyl (C=O) groups is 1. The van der Waals surface area contributed by atoms with Crippen molar-refractivity contribution in [1.82, 2.24) is 0 Å². The number of hydrogen-bond donors (Lipinski definition) is 1. The van der Waals surface area contributed by atoms with Crippen molar-refractivity contribution in [3.05, 3.63) is 125 Å². The molecule has 0 bridgehead atoms. The zero-order valence-corrected chi connectivity index (χ0v) is 20.6. The molecule has 0 aliphatic rings. The second-order valence-corrected chi connectivity index (χ2v) is 9.11. The number of carboxylic acid groups (broad SMARTS) is 1. The molecule has 0 heterocycles. The highest BCUT2D eigenvalue weighted by molar-refractivity contribution is 5.85. The van der Waals surface area contributed by atoms with E-state index in [1.165, 1.54) is 22.4 Å². The molecule has 4 aromatic rings. The highest BCUT2D eigenvalue weighted by atomic mass is 16.4. The maximum absolute atomic E-state index is 11.0. The summed E-state index contributed by atoms with van der Waals surface area (Å²) in [5, 5.41) is 9.00. The fourth-order valence-corrected chi connectivity index (χ4v) is 4.25. The topological polar surface area (TPSA) is 40.5 Å². The molecule has 176 valence electrons. The van der Waals surface area contributed by atoms with Crippen LogP contribution in [0.4, 0.5) is 17.1 Å². The van der Waals surface area contributed by atoms with Crippen molar-refractivity contribution < 1.29 is 9.90 Å². The number of carboxylic acids is 1. The summed E-state index contributed by atoms with van der Waals surface area (Å²) in [6, 6.07) is 32.1. The molecule has 3 heteroatoms. The number of rotatable bonds is 8. The fourth-order valence-electron chi connectivity index (χ4n) is 4.25. The number of nitrogens with zero attached hydrogens (tertiary/aromatic N) is 1. The molecule has 0 amide bonds. The summed E-state index contributed by atoms with van der Waals surface area (Å²) in [4.78, 5) is 13.3. The first-order chi connectivity index (χ1) is 16.8. The Kier molecular flexibility index (Phi) is 7.17. The van der Waals surface area contributed by atoms with Crippen LogP contribution in [0.2, 0.25) is 0 Å². The van der Waals surface area contributed by atoms with Crippen LogP contribution >= 0.6 is 0 Å². The Morgan fingerprint density at radius 2 is 1.26 bits per heavy atom. The molecule has 0 atom stereocenters. The Morgan fingerprint density at radius 1 is 0.743 bits per heavy atom. The lowest BCUT2D eigenvalue weighted by atomic mass is 10.00. The second-order valence-electron chi connectivity index (χ2n) is 9.11. The average Bonchev–Trinajstić information content (AvgIpc) is 2.86. The van der Waals surface area contributed by atoms with Gasteiger partial charge in [0.15, 0.2) is 0 Å². The quantitative estimate of drug-likeness (QED) is 0.268. The van der Waals surface area contributed by atoms with Gasteiger partial charge in [-0.05, 0) is 86.2 Å². The molecule has 4 aromatic carbocycles. The Labute approximate surface area is 208 Å². The zero-order chi connectivity index (χ0) is 24.9. The van der Waals surface area contributed by atoms with Crippen LogP contribution in [0, 0.1) is 20.8 Å². The molecule has 0 aromatic heterocycles. The molecule has 0 saturated carbocycles. The van der Waals surface area contributed by atoms with Gasteiger partial charge < -0.3 is 10.0 Å². The van der Waals surface area contributed by atoms with Crippen LogP contribution in [0.1, 0.15) is 28.7 Å². The predicted octanol–water partition coefficient (Wildman–Crippen LogP) is 8.32. The van der Waals surface area contributed by atoms with Crippen molar-refractivity contribution in [3.8, 4) is 11.1 Å². The third kappa shape index (κ3) is 5.70. The summed E-state index contributed by atoms with van der Waals surface area (Å²) in [6.45, 7) is 9.99. The van der Waals surface area contributed by atoms with E-state index in [4.69, 9.17) is 5.11 Å². The SMILES string of the molecule is C=C(CCc1ccc(-c2ccc(N(c3ccc(C)cc3)c3ccc(C)cc3C)cc2)cc1)C(=O)O. The van der Waals surface area contributed by atoms with E-state index in [1.807, 2.05) is 0 Å². The summed E-state index contributed by atoms with van der Waals surface area (Å²) in [5.74, 6) is -0.928. The number of hydrogen-bond acceptors (Lipinski definition) is 2. The lowest BCUT2D eigenvalue weighted by Crippen LogP contribution is -2.11. The first-order valence-corrected chi connectivity index (χ1v) is 11.9. The molecular weight excluding hydrogens is 430 g/mol. The highest BCUT2D eigenvalue weighted by Gasteiger charge is 2.15. The van der Waals surface area contributed by atoms with Crippen LogP contribution in [-0.4, -0.2) is 11.1 Å². The fraction of sp³-hybridized carbons (Fsp3) is 0.156. The molecule has 0 aliphatic carbocycles. The van der Waals surface area contributed by atoms with Crippen molar-refractivity contribution >= 4 is 23.0 Å². The third-order valence-electron chi connectivity index (χ3n) is 6.32. The lowest BCUT2D eigenvalue weighted by Gasteiger charge is -2.27. The summed E-state index contributed by atoms with van der Waals surface area (Å²) in [5.41, 5.74) is 10.7. The van der Waals surface area contributed by atoms with Gasteiger partial charge in [0.1, 0.15) is 0 Å². The Hall–Kier alpha value is -4.11. The van der Waals surface area contributed by atoms with Crippen molar-refractivity contribution in [2.24, 2.45) is 0 Å². The van der Waals surface area contributed by atoms with E-state index in [0.717, 1.165) is 28.1 Å². The summed E-state index contributed by atoms with van der Waals surface area (Å²) in [6.07, 6.45) is 1.13. The van der Waals surface area contributed by atoms with Gasteiger partial charge in [-0.15, -0.1) is 0 Å². The van der Waals surface area contributed by atoms with Gasteiger partial charge in [0.05, 0.1) is 0 Å². The van der Waals surface area contributed by atoms with Crippen molar-refractivity contribution in [3.63, 3.8) is 0 Å². The van der Waals surface area contributed by atoms with E-state index in [-0.39, 0.29) is 5.57 Å². The highest BCUT2D eigenvalue weighted by Crippen LogP contribution is 2.37. The lowest BCUT2D eigenvalue weighted by molar-refractivity contribution is -0.132. The number of aryl methyl sites for hydroxylation is 4. The molecular formula is C32H31NO2. The Bertz CT molecular complexity index is 1330. The normalized spacial score (nSPS) is 10.7. The molecule has 1 N–H and O–H groups in total. The van der Waals surface area contributed by atoms with E-state index < -0.39 is 5.97 Å². The summed E-state index contributed by atoms with van der Waals surface area (Å²) < 4.78 is 0. The van der Waals surface area contributed by atoms with E-state index in [2.05, 4.69) is 123 Å².